The van der Waals surface area contributed by atoms with Gasteiger partial charge in [0.25, 0.3) is 0 Å². The summed E-state index contributed by atoms with van der Waals surface area (Å²) >= 11 is 1.57. The van der Waals surface area contributed by atoms with E-state index in [1.54, 1.807) is 11.3 Å². The first kappa shape index (κ1) is 20.9. The van der Waals surface area contributed by atoms with Gasteiger partial charge in [0.2, 0.25) is 0 Å². The maximum atomic E-state index is 12.9. The number of rotatable bonds is 9. The summed E-state index contributed by atoms with van der Waals surface area (Å²) in [6, 6.07) is 5.68. The Bertz CT molecular complexity index is 721. The van der Waals surface area contributed by atoms with Crippen molar-refractivity contribution in [1.82, 2.24) is 15.6 Å². The molecule has 7 nitrogen and oxygen atoms in total. The number of nitrogens with zero attached hydrogens (tertiary/aromatic N) is 3. The van der Waals surface area contributed by atoms with Gasteiger partial charge >= 0.3 is 0 Å². The Labute approximate surface area is 162 Å². The summed E-state index contributed by atoms with van der Waals surface area (Å²) in [4.78, 5) is 10.9. The summed E-state index contributed by atoms with van der Waals surface area (Å²) in [6.07, 6.45) is -0.737. The monoisotopic (exact) mass is 395 g/mol. The third-order valence-corrected chi connectivity index (χ3v) is 4.48. The molecule has 3 N–H and O–H groups in total. The molecule has 2 rings (SSSR count). The lowest BCUT2D eigenvalue weighted by atomic mass is 10.3. The van der Waals surface area contributed by atoms with Crippen LogP contribution in [-0.2, 0) is 6.54 Å². The van der Waals surface area contributed by atoms with Crippen molar-refractivity contribution in [3.05, 3.63) is 41.2 Å². The van der Waals surface area contributed by atoms with Crippen molar-refractivity contribution in [3.63, 3.8) is 0 Å². The van der Waals surface area contributed by atoms with Crippen molar-refractivity contribution in [3.8, 4) is 5.75 Å². The van der Waals surface area contributed by atoms with Gasteiger partial charge in [-0.15, -0.1) is 11.3 Å². The number of hydrogen-bond donors (Lipinski definition) is 3. The number of hydrogen-bond acceptors (Lipinski definition) is 6. The van der Waals surface area contributed by atoms with E-state index in [2.05, 4.69) is 20.6 Å². The second-order valence-corrected chi connectivity index (χ2v) is 6.85. The fourth-order valence-electron chi connectivity index (χ4n) is 2.07. The largest absolute Gasteiger partial charge is 0.491 e. The Morgan fingerprint density at radius 1 is 1.33 bits per heavy atom. The lowest BCUT2D eigenvalue weighted by Gasteiger charge is -2.16. The van der Waals surface area contributed by atoms with Gasteiger partial charge in [-0.05, 0) is 31.2 Å². The first-order valence-corrected chi connectivity index (χ1v) is 9.56. The molecule has 1 aromatic carbocycles. The van der Waals surface area contributed by atoms with Gasteiger partial charge in [0, 0.05) is 32.6 Å². The highest BCUT2D eigenvalue weighted by atomic mass is 32.1. The molecule has 2 aromatic rings. The number of aromatic nitrogens is 1. The van der Waals surface area contributed by atoms with E-state index in [-0.39, 0.29) is 19.0 Å². The molecular weight excluding hydrogens is 369 g/mol. The van der Waals surface area contributed by atoms with E-state index in [1.807, 2.05) is 31.3 Å². The molecule has 1 unspecified atom stereocenters. The maximum absolute atomic E-state index is 12.9. The lowest BCUT2D eigenvalue weighted by molar-refractivity contribution is 0.110. The van der Waals surface area contributed by atoms with Crippen LogP contribution in [0.1, 0.15) is 12.6 Å². The van der Waals surface area contributed by atoms with Crippen molar-refractivity contribution in [2.75, 3.05) is 38.7 Å². The zero-order valence-corrected chi connectivity index (χ0v) is 16.6. The quantitative estimate of drug-likeness (QED) is 0.444. The van der Waals surface area contributed by atoms with E-state index in [9.17, 15) is 9.50 Å². The van der Waals surface area contributed by atoms with Crippen LogP contribution in [0.3, 0.4) is 0 Å². The van der Waals surface area contributed by atoms with E-state index in [0.29, 0.717) is 24.8 Å². The molecule has 0 aliphatic carbocycles. The van der Waals surface area contributed by atoms with Crippen LogP contribution in [0.25, 0.3) is 0 Å². The van der Waals surface area contributed by atoms with Gasteiger partial charge in [-0.3, -0.25) is 0 Å². The third kappa shape index (κ3) is 7.40. The minimum absolute atomic E-state index is 0.0936. The molecule has 0 aliphatic rings. The predicted octanol–water partition coefficient (Wildman–Crippen LogP) is 1.84. The Kier molecular flexibility index (Phi) is 8.28. The van der Waals surface area contributed by atoms with Gasteiger partial charge in [-0.2, -0.15) is 0 Å². The molecular formula is C18H26FN5O2S. The summed E-state index contributed by atoms with van der Waals surface area (Å²) < 4.78 is 18.3. The van der Waals surface area contributed by atoms with Crippen LogP contribution < -0.4 is 20.3 Å². The number of aliphatic hydroxyl groups is 1. The summed E-state index contributed by atoms with van der Waals surface area (Å²) in [5.41, 5.74) is 0.890. The smallest absolute Gasteiger partial charge is 0.191 e. The normalized spacial score (nSPS) is 12.6. The van der Waals surface area contributed by atoms with E-state index >= 15 is 0 Å². The van der Waals surface area contributed by atoms with Crippen LogP contribution in [0.2, 0.25) is 0 Å². The highest BCUT2D eigenvalue weighted by Crippen LogP contribution is 2.18. The molecule has 0 saturated heterocycles. The molecule has 1 atom stereocenters. The highest BCUT2D eigenvalue weighted by molar-refractivity contribution is 7.13. The van der Waals surface area contributed by atoms with Gasteiger partial charge < -0.3 is 25.4 Å². The lowest BCUT2D eigenvalue weighted by Crippen LogP contribution is -2.42. The van der Waals surface area contributed by atoms with Crippen molar-refractivity contribution in [2.24, 2.45) is 4.99 Å². The second-order valence-electron chi connectivity index (χ2n) is 6.01. The van der Waals surface area contributed by atoms with Crippen LogP contribution >= 0.6 is 11.3 Å². The van der Waals surface area contributed by atoms with Crippen molar-refractivity contribution in [2.45, 2.75) is 19.6 Å². The number of benzene rings is 1. The van der Waals surface area contributed by atoms with Gasteiger partial charge in [0.1, 0.15) is 24.3 Å². The van der Waals surface area contributed by atoms with Gasteiger partial charge in [-0.1, -0.05) is 0 Å². The van der Waals surface area contributed by atoms with Crippen LogP contribution in [-0.4, -0.2) is 55.9 Å². The number of aliphatic hydroxyl groups excluding tert-OH is 1. The van der Waals surface area contributed by atoms with E-state index in [1.165, 1.54) is 24.3 Å². The van der Waals surface area contributed by atoms with Crippen LogP contribution in [0.4, 0.5) is 9.52 Å². The first-order chi connectivity index (χ1) is 13.0. The zero-order chi connectivity index (χ0) is 19.6. The molecule has 27 heavy (non-hydrogen) atoms. The Hall–Kier alpha value is -2.39. The maximum Gasteiger partial charge on any atom is 0.191 e. The third-order valence-electron chi connectivity index (χ3n) is 3.43. The fourth-order valence-corrected chi connectivity index (χ4v) is 2.82. The van der Waals surface area contributed by atoms with Crippen molar-refractivity contribution >= 4 is 22.4 Å². The summed E-state index contributed by atoms with van der Waals surface area (Å²) in [5.74, 6) is 0.780. The Balaban J connectivity index is 1.80. The van der Waals surface area contributed by atoms with Crippen molar-refractivity contribution in [1.29, 1.82) is 0 Å². The van der Waals surface area contributed by atoms with Gasteiger partial charge in [0.05, 0.1) is 12.2 Å². The number of guanidine groups is 1. The van der Waals surface area contributed by atoms with Gasteiger partial charge in [0.15, 0.2) is 11.1 Å². The molecule has 0 amide bonds. The molecule has 0 aliphatic heterocycles. The summed E-state index contributed by atoms with van der Waals surface area (Å²) in [7, 11) is 3.90. The number of nitrogens with one attached hydrogen (secondary N) is 2. The van der Waals surface area contributed by atoms with Crippen LogP contribution in [0, 0.1) is 5.82 Å². The standard InChI is InChI=1S/C18H26FN5O2S/c1-4-20-17(21-9-14-12-27-18(23-14)24(2)3)22-10-15(25)11-26-16-7-5-13(19)6-8-16/h5-8,12,15,25H,4,9-11H2,1-3H3,(H2,20,21,22). The number of halogens is 1. The predicted molar refractivity (Wildman–Crippen MR) is 107 cm³/mol. The number of aliphatic imine (C=N–C) groups is 1. The van der Waals surface area contributed by atoms with Crippen LogP contribution in [0.15, 0.2) is 34.6 Å². The second kappa shape index (κ2) is 10.7. The minimum atomic E-state index is -0.737. The molecule has 0 radical (unpaired) electrons. The number of anilines is 1. The fraction of sp³-hybridized carbons (Fsp3) is 0.444. The molecule has 0 spiro atoms. The molecule has 1 heterocycles. The van der Waals surface area contributed by atoms with E-state index in [0.717, 1.165) is 10.8 Å². The summed E-state index contributed by atoms with van der Waals surface area (Å²) in [6.45, 7) is 3.48. The molecule has 148 valence electrons. The Morgan fingerprint density at radius 3 is 2.70 bits per heavy atom. The first-order valence-electron chi connectivity index (χ1n) is 8.68. The average Bonchev–Trinajstić information content (AvgIpc) is 3.13. The molecule has 9 heteroatoms. The average molecular weight is 396 g/mol. The topological polar surface area (TPSA) is 82.0 Å². The molecule has 0 bridgehead atoms. The zero-order valence-electron chi connectivity index (χ0n) is 15.8. The minimum Gasteiger partial charge on any atom is -0.491 e. The Morgan fingerprint density at radius 2 is 2.07 bits per heavy atom. The molecule has 0 fully saturated rings. The summed E-state index contributed by atoms with van der Waals surface area (Å²) in [5, 5.41) is 19.2. The van der Waals surface area contributed by atoms with Crippen LogP contribution in [0.5, 0.6) is 5.75 Å². The molecule has 0 saturated carbocycles. The highest BCUT2D eigenvalue weighted by Gasteiger charge is 2.08. The van der Waals surface area contributed by atoms with Crippen molar-refractivity contribution < 1.29 is 14.2 Å². The molecule has 1 aromatic heterocycles. The number of thiazole rings is 1. The SMILES string of the molecule is CCNC(=NCc1csc(N(C)C)n1)NCC(O)COc1ccc(F)cc1. The van der Waals surface area contributed by atoms with Gasteiger partial charge in [-0.25, -0.2) is 14.4 Å². The van der Waals surface area contributed by atoms with E-state index < -0.39 is 6.10 Å². The van der Waals surface area contributed by atoms with E-state index in [4.69, 9.17) is 4.74 Å². The number of ether oxygens (including phenoxy) is 1.